The molecule has 1 atom stereocenters. The van der Waals surface area contributed by atoms with E-state index in [1.165, 1.54) is 5.69 Å². The summed E-state index contributed by atoms with van der Waals surface area (Å²) >= 11 is 0. The number of nitrogens with one attached hydrogen (secondary N) is 1. The van der Waals surface area contributed by atoms with Gasteiger partial charge in [0.25, 0.3) is 0 Å². The third-order valence-electron chi connectivity index (χ3n) is 6.48. The molecule has 5 rings (SSSR count). The van der Waals surface area contributed by atoms with E-state index in [2.05, 4.69) is 26.9 Å². The summed E-state index contributed by atoms with van der Waals surface area (Å²) in [6.45, 7) is 4.93. The Morgan fingerprint density at radius 1 is 1.00 bits per heavy atom. The van der Waals surface area contributed by atoms with E-state index in [4.69, 9.17) is 9.72 Å². The van der Waals surface area contributed by atoms with E-state index in [0.717, 1.165) is 74.8 Å². The van der Waals surface area contributed by atoms with Crippen LogP contribution < -0.4 is 14.5 Å². The van der Waals surface area contributed by atoms with Gasteiger partial charge in [-0.3, -0.25) is 4.79 Å². The molecule has 1 aromatic heterocycles. The Balaban J connectivity index is 1.20. The van der Waals surface area contributed by atoms with Gasteiger partial charge in [-0.2, -0.15) is 0 Å². The zero-order valence-corrected chi connectivity index (χ0v) is 18.0. The number of nitrogens with zero attached hydrogens (tertiary/aromatic N) is 4. The molecule has 3 aromatic rings. The van der Waals surface area contributed by atoms with Crippen LogP contribution in [0.15, 0.2) is 48.5 Å². The summed E-state index contributed by atoms with van der Waals surface area (Å²) in [6, 6.07) is 16.2. The molecule has 3 heterocycles. The van der Waals surface area contributed by atoms with Crippen LogP contribution in [0.5, 0.6) is 5.75 Å². The fourth-order valence-corrected chi connectivity index (χ4v) is 4.70. The third kappa shape index (κ3) is 4.04. The van der Waals surface area contributed by atoms with Gasteiger partial charge in [0.2, 0.25) is 11.9 Å². The molecule has 2 aliphatic heterocycles. The number of fused-ring (bicyclic) bond motifs is 1. The average Bonchev–Trinajstić information content (AvgIpc) is 3.28. The van der Waals surface area contributed by atoms with Crippen LogP contribution in [0.4, 0.5) is 11.6 Å². The maximum absolute atomic E-state index is 13.3. The predicted octanol–water partition coefficient (Wildman–Crippen LogP) is 3.14. The minimum Gasteiger partial charge on any atom is -0.497 e. The number of aromatic nitrogens is 2. The van der Waals surface area contributed by atoms with Crippen LogP contribution in [0, 0.1) is 5.92 Å². The zero-order valence-electron chi connectivity index (χ0n) is 18.0. The molecule has 162 valence electrons. The number of carbonyl (C=O) groups is 1. The van der Waals surface area contributed by atoms with E-state index in [1.54, 1.807) is 7.11 Å². The molecule has 2 aromatic carbocycles. The van der Waals surface area contributed by atoms with Gasteiger partial charge < -0.3 is 24.4 Å². The van der Waals surface area contributed by atoms with Gasteiger partial charge >= 0.3 is 0 Å². The first kappa shape index (κ1) is 19.7. The highest BCUT2D eigenvalue weighted by Crippen LogP contribution is 2.26. The minimum absolute atomic E-state index is 0.0366. The maximum Gasteiger partial charge on any atom is 0.227 e. The van der Waals surface area contributed by atoms with E-state index in [0.29, 0.717) is 0 Å². The molecule has 31 heavy (non-hydrogen) atoms. The number of amides is 1. The fourth-order valence-electron chi connectivity index (χ4n) is 4.70. The number of aromatic amines is 1. The van der Waals surface area contributed by atoms with Crippen molar-refractivity contribution >= 4 is 28.6 Å². The first-order valence-corrected chi connectivity index (χ1v) is 11.1. The SMILES string of the molecule is COc1ccc(N2CCN(C(=O)C3CCCN(c4nc5ccccc5[nH]4)C3)CC2)cc1. The van der Waals surface area contributed by atoms with Crippen molar-refractivity contribution < 1.29 is 9.53 Å². The van der Waals surface area contributed by atoms with Gasteiger partial charge in [-0.1, -0.05) is 12.1 Å². The Bertz CT molecular complexity index is 1010. The quantitative estimate of drug-likeness (QED) is 0.704. The number of carbonyl (C=O) groups excluding carboxylic acids is 1. The van der Waals surface area contributed by atoms with Crippen molar-refractivity contribution in [2.24, 2.45) is 5.92 Å². The molecule has 0 spiro atoms. The van der Waals surface area contributed by atoms with Crippen molar-refractivity contribution in [3.05, 3.63) is 48.5 Å². The summed E-state index contributed by atoms with van der Waals surface area (Å²) in [4.78, 5) is 28.0. The molecule has 2 saturated heterocycles. The molecule has 1 amide bonds. The smallest absolute Gasteiger partial charge is 0.227 e. The van der Waals surface area contributed by atoms with Crippen LogP contribution in [-0.4, -0.2) is 67.2 Å². The lowest BCUT2D eigenvalue weighted by Crippen LogP contribution is -2.52. The fraction of sp³-hybridized carbons (Fsp3) is 0.417. The molecule has 0 saturated carbocycles. The molecule has 0 bridgehead atoms. The largest absolute Gasteiger partial charge is 0.497 e. The number of rotatable bonds is 4. The van der Waals surface area contributed by atoms with Crippen molar-refractivity contribution in [3.8, 4) is 5.75 Å². The van der Waals surface area contributed by atoms with Crippen molar-refractivity contribution in [1.82, 2.24) is 14.9 Å². The van der Waals surface area contributed by atoms with E-state index in [1.807, 2.05) is 41.3 Å². The normalized spacial score (nSPS) is 19.6. The summed E-state index contributed by atoms with van der Waals surface area (Å²) < 4.78 is 5.25. The molecule has 2 fully saturated rings. The van der Waals surface area contributed by atoms with Crippen LogP contribution in [-0.2, 0) is 4.79 Å². The summed E-state index contributed by atoms with van der Waals surface area (Å²) in [5.41, 5.74) is 3.20. The third-order valence-corrected chi connectivity index (χ3v) is 6.48. The van der Waals surface area contributed by atoms with Gasteiger partial charge in [0.15, 0.2) is 0 Å². The molecular formula is C24H29N5O2. The van der Waals surface area contributed by atoms with Crippen molar-refractivity contribution in [2.75, 3.05) is 56.2 Å². The second kappa shape index (κ2) is 8.49. The van der Waals surface area contributed by atoms with Crippen LogP contribution in [0.25, 0.3) is 11.0 Å². The Labute approximate surface area is 182 Å². The molecule has 1 N–H and O–H groups in total. The van der Waals surface area contributed by atoms with Crippen LogP contribution in [0.1, 0.15) is 12.8 Å². The number of methoxy groups -OCH3 is 1. The van der Waals surface area contributed by atoms with E-state index >= 15 is 0 Å². The van der Waals surface area contributed by atoms with Crippen molar-refractivity contribution in [2.45, 2.75) is 12.8 Å². The second-order valence-corrected chi connectivity index (χ2v) is 8.37. The molecular weight excluding hydrogens is 390 g/mol. The predicted molar refractivity (Wildman–Crippen MR) is 123 cm³/mol. The van der Waals surface area contributed by atoms with E-state index in [9.17, 15) is 4.79 Å². The average molecular weight is 420 g/mol. The van der Waals surface area contributed by atoms with Gasteiger partial charge in [-0.25, -0.2) is 4.98 Å². The highest BCUT2D eigenvalue weighted by atomic mass is 16.5. The Morgan fingerprint density at radius 2 is 1.77 bits per heavy atom. The maximum atomic E-state index is 13.3. The van der Waals surface area contributed by atoms with Crippen molar-refractivity contribution in [1.29, 1.82) is 0 Å². The standard InChI is InChI=1S/C24H29N5O2/c1-31-20-10-8-19(9-11-20)27-13-15-28(16-14-27)23(30)18-5-4-12-29(17-18)24-25-21-6-2-3-7-22(21)26-24/h2-3,6-11,18H,4-5,12-17H2,1H3,(H,25,26). The molecule has 2 aliphatic rings. The van der Waals surface area contributed by atoms with E-state index < -0.39 is 0 Å². The van der Waals surface area contributed by atoms with Crippen LogP contribution in [0.2, 0.25) is 0 Å². The minimum atomic E-state index is 0.0366. The number of H-pyrrole nitrogens is 1. The van der Waals surface area contributed by atoms with E-state index in [-0.39, 0.29) is 11.8 Å². The summed E-state index contributed by atoms with van der Waals surface area (Å²) in [6.07, 6.45) is 1.97. The topological polar surface area (TPSA) is 64.7 Å². The summed E-state index contributed by atoms with van der Waals surface area (Å²) in [5, 5.41) is 0. The highest BCUT2D eigenvalue weighted by molar-refractivity contribution is 5.81. The number of hydrogen-bond acceptors (Lipinski definition) is 5. The zero-order chi connectivity index (χ0) is 21.2. The van der Waals surface area contributed by atoms with Gasteiger partial charge in [0.05, 0.1) is 24.1 Å². The Morgan fingerprint density at radius 3 is 2.52 bits per heavy atom. The number of benzene rings is 2. The van der Waals surface area contributed by atoms with Gasteiger partial charge in [0.1, 0.15) is 5.75 Å². The first-order valence-electron chi connectivity index (χ1n) is 11.1. The number of para-hydroxylation sites is 2. The van der Waals surface area contributed by atoms with Crippen LogP contribution in [0.3, 0.4) is 0 Å². The number of ether oxygens (including phenoxy) is 1. The number of anilines is 2. The monoisotopic (exact) mass is 419 g/mol. The number of imidazole rings is 1. The molecule has 0 aliphatic carbocycles. The first-order chi connectivity index (χ1) is 15.2. The summed E-state index contributed by atoms with van der Waals surface area (Å²) in [7, 11) is 1.68. The molecule has 7 nitrogen and oxygen atoms in total. The molecule has 0 radical (unpaired) electrons. The number of piperidine rings is 1. The van der Waals surface area contributed by atoms with Crippen LogP contribution >= 0.6 is 0 Å². The summed E-state index contributed by atoms with van der Waals surface area (Å²) in [5.74, 6) is 2.07. The van der Waals surface area contributed by atoms with Crippen molar-refractivity contribution in [3.63, 3.8) is 0 Å². The molecule has 7 heteroatoms. The lowest BCUT2D eigenvalue weighted by molar-refractivity contribution is -0.136. The Hall–Kier alpha value is -3.22. The highest BCUT2D eigenvalue weighted by Gasteiger charge is 2.32. The lowest BCUT2D eigenvalue weighted by Gasteiger charge is -2.39. The Kier molecular flexibility index (Phi) is 5.40. The molecule has 1 unspecified atom stereocenters. The van der Waals surface area contributed by atoms with Gasteiger partial charge in [-0.15, -0.1) is 0 Å². The number of hydrogen-bond donors (Lipinski definition) is 1. The van der Waals surface area contributed by atoms with Gasteiger partial charge in [0, 0.05) is 45.0 Å². The van der Waals surface area contributed by atoms with Gasteiger partial charge in [-0.05, 0) is 49.2 Å². The number of piperazine rings is 1. The second-order valence-electron chi connectivity index (χ2n) is 8.37. The lowest BCUT2D eigenvalue weighted by atomic mass is 9.96.